The highest BCUT2D eigenvalue weighted by atomic mass is 35.5. The monoisotopic (exact) mass is 326 g/mol. The molecule has 0 unspecified atom stereocenters. The van der Waals surface area contributed by atoms with E-state index in [0.29, 0.717) is 0 Å². The SMILES string of the molecule is C=C[C@H](c1c(O)cc(F)cc1F)N1CCNCC1.Cl.Cl. The maximum atomic E-state index is 13.8. The summed E-state index contributed by atoms with van der Waals surface area (Å²) in [4.78, 5) is 2.00. The molecule has 1 saturated heterocycles. The van der Waals surface area contributed by atoms with Crippen molar-refractivity contribution in [2.75, 3.05) is 26.2 Å². The molecule has 7 heteroatoms. The summed E-state index contributed by atoms with van der Waals surface area (Å²) in [5, 5.41) is 12.9. The van der Waals surface area contributed by atoms with Crippen molar-refractivity contribution in [1.29, 1.82) is 0 Å². The van der Waals surface area contributed by atoms with Crippen molar-refractivity contribution < 1.29 is 13.9 Å². The number of hydrogen-bond donors (Lipinski definition) is 2. The van der Waals surface area contributed by atoms with Crippen LogP contribution in [0, 0.1) is 11.6 Å². The molecule has 1 aliphatic heterocycles. The Labute approximate surface area is 129 Å². The van der Waals surface area contributed by atoms with E-state index in [1.54, 1.807) is 6.08 Å². The molecular formula is C13H18Cl2F2N2O. The minimum atomic E-state index is -0.781. The Morgan fingerprint density at radius 1 is 1.25 bits per heavy atom. The first-order valence-electron chi connectivity index (χ1n) is 5.88. The fourth-order valence-corrected chi connectivity index (χ4v) is 2.27. The van der Waals surface area contributed by atoms with Crippen molar-refractivity contribution in [1.82, 2.24) is 10.2 Å². The third-order valence-corrected chi connectivity index (χ3v) is 3.14. The Morgan fingerprint density at radius 2 is 1.85 bits per heavy atom. The largest absolute Gasteiger partial charge is 0.507 e. The van der Waals surface area contributed by atoms with Gasteiger partial charge in [0, 0.05) is 38.3 Å². The zero-order valence-corrected chi connectivity index (χ0v) is 12.4. The van der Waals surface area contributed by atoms with Crippen LogP contribution in [0.3, 0.4) is 0 Å². The lowest BCUT2D eigenvalue weighted by molar-refractivity contribution is 0.197. The van der Waals surface area contributed by atoms with Crippen LogP contribution < -0.4 is 5.32 Å². The fourth-order valence-electron chi connectivity index (χ4n) is 2.27. The van der Waals surface area contributed by atoms with Gasteiger partial charge < -0.3 is 10.4 Å². The number of piperazine rings is 1. The first-order valence-corrected chi connectivity index (χ1v) is 5.88. The second-order valence-corrected chi connectivity index (χ2v) is 4.29. The molecule has 0 bridgehead atoms. The van der Waals surface area contributed by atoms with Gasteiger partial charge in [0.1, 0.15) is 17.4 Å². The Hall–Kier alpha value is -0.880. The number of aromatic hydroxyl groups is 1. The van der Waals surface area contributed by atoms with E-state index in [1.165, 1.54) is 0 Å². The summed E-state index contributed by atoms with van der Waals surface area (Å²) in [5.74, 6) is -1.89. The summed E-state index contributed by atoms with van der Waals surface area (Å²) < 4.78 is 26.8. The summed E-state index contributed by atoms with van der Waals surface area (Å²) in [6, 6.07) is 1.28. The summed E-state index contributed by atoms with van der Waals surface area (Å²) in [7, 11) is 0. The van der Waals surface area contributed by atoms with Gasteiger partial charge in [0.05, 0.1) is 11.6 Å². The molecule has 2 N–H and O–H groups in total. The zero-order chi connectivity index (χ0) is 13.1. The smallest absolute Gasteiger partial charge is 0.134 e. The van der Waals surface area contributed by atoms with Gasteiger partial charge in [-0.2, -0.15) is 0 Å². The number of halogens is 4. The lowest BCUT2D eigenvalue weighted by Gasteiger charge is -2.33. The average molecular weight is 327 g/mol. The van der Waals surface area contributed by atoms with E-state index >= 15 is 0 Å². The van der Waals surface area contributed by atoms with Crippen LogP contribution in [0.2, 0.25) is 0 Å². The van der Waals surface area contributed by atoms with Crippen LogP contribution in [0.4, 0.5) is 8.78 Å². The molecule has 0 saturated carbocycles. The first kappa shape index (κ1) is 19.1. The topological polar surface area (TPSA) is 35.5 Å². The van der Waals surface area contributed by atoms with Crippen molar-refractivity contribution in [2.24, 2.45) is 0 Å². The van der Waals surface area contributed by atoms with E-state index in [1.807, 2.05) is 4.90 Å². The Bertz CT molecular complexity index is 431. The molecule has 1 aliphatic rings. The third-order valence-electron chi connectivity index (χ3n) is 3.14. The molecule has 0 aromatic heterocycles. The number of phenols is 1. The van der Waals surface area contributed by atoms with Crippen molar-refractivity contribution >= 4 is 24.8 Å². The summed E-state index contributed by atoms with van der Waals surface area (Å²) in [6.45, 7) is 6.74. The van der Waals surface area contributed by atoms with Crippen LogP contribution in [-0.4, -0.2) is 36.2 Å². The molecule has 1 aromatic rings. The molecule has 0 spiro atoms. The van der Waals surface area contributed by atoms with Crippen LogP contribution in [-0.2, 0) is 0 Å². The molecule has 1 heterocycles. The number of nitrogens with one attached hydrogen (secondary N) is 1. The standard InChI is InChI=1S/C13H16F2N2O.2ClH/c1-2-11(17-5-3-16-4-6-17)13-10(15)7-9(14)8-12(13)18;;/h2,7-8,11,16,18H,1,3-6H2;2*1H/t11-;;/m1../s1. The Kier molecular flexibility index (Phi) is 8.05. The van der Waals surface area contributed by atoms with Gasteiger partial charge in [0.2, 0.25) is 0 Å². The van der Waals surface area contributed by atoms with E-state index in [2.05, 4.69) is 11.9 Å². The predicted molar refractivity (Wildman–Crippen MR) is 79.9 cm³/mol. The van der Waals surface area contributed by atoms with Gasteiger partial charge in [-0.3, -0.25) is 4.90 Å². The molecule has 3 nitrogen and oxygen atoms in total. The highest BCUT2D eigenvalue weighted by Gasteiger charge is 2.25. The summed E-state index contributed by atoms with van der Waals surface area (Å²) in [5.41, 5.74) is 0.0910. The molecule has 2 rings (SSSR count). The van der Waals surface area contributed by atoms with Gasteiger partial charge in [-0.25, -0.2) is 8.78 Å². The zero-order valence-electron chi connectivity index (χ0n) is 10.8. The van der Waals surface area contributed by atoms with Crippen molar-refractivity contribution in [3.05, 3.63) is 42.0 Å². The van der Waals surface area contributed by atoms with Crippen molar-refractivity contribution in [3.8, 4) is 5.75 Å². The molecule has 1 atom stereocenters. The molecule has 0 aliphatic carbocycles. The van der Waals surface area contributed by atoms with Gasteiger partial charge >= 0.3 is 0 Å². The van der Waals surface area contributed by atoms with Crippen LogP contribution in [0.25, 0.3) is 0 Å². The van der Waals surface area contributed by atoms with Crippen LogP contribution in [0.1, 0.15) is 11.6 Å². The summed E-state index contributed by atoms with van der Waals surface area (Å²) in [6.07, 6.45) is 1.57. The number of benzene rings is 1. The van der Waals surface area contributed by atoms with Gasteiger partial charge in [-0.05, 0) is 0 Å². The number of hydrogen-bond acceptors (Lipinski definition) is 3. The molecule has 0 radical (unpaired) electrons. The Balaban J connectivity index is 0.00000180. The predicted octanol–water partition coefficient (Wildman–Crippen LogP) is 2.65. The molecule has 114 valence electrons. The van der Waals surface area contributed by atoms with Crippen LogP contribution in [0.5, 0.6) is 5.75 Å². The lowest BCUT2D eigenvalue weighted by atomic mass is 10.0. The molecule has 1 fully saturated rings. The maximum absolute atomic E-state index is 13.8. The second kappa shape index (κ2) is 8.42. The quantitative estimate of drug-likeness (QED) is 0.838. The fraction of sp³-hybridized carbons (Fsp3) is 0.385. The van der Waals surface area contributed by atoms with Crippen LogP contribution in [0.15, 0.2) is 24.8 Å². The normalized spacial score (nSPS) is 16.7. The minimum absolute atomic E-state index is 0. The van der Waals surface area contributed by atoms with Crippen molar-refractivity contribution in [3.63, 3.8) is 0 Å². The van der Waals surface area contributed by atoms with Gasteiger partial charge in [0.15, 0.2) is 0 Å². The maximum Gasteiger partial charge on any atom is 0.134 e. The minimum Gasteiger partial charge on any atom is -0.507 e. The molecule has 0 amide bonds. The third kappa shape index (κ3) is 4.06. The van der Waals surface area contributed by atoms with Gasteiger partial charge in [-0.1, -0.05) is 6.08 Å². The Morgan fingerprint density at radius 3 is 2.35 bits per heavy atom. The second-order valence-electron chi connectivity index (χ2n) is 4.29. The van der Waals surface area contributed by atoms with E-state index in [9.17, 15) is 13.9 Å². The summed E-state index contributed by atoms with van der Waals surface area (Å²) >= 11 is 0. The molecule has 20 heavy (non-hydrogen) atoms. The number of phenolic OH excluding ortho intramolecular Hbond substituents is 1. The van der Waals surface area contributed by atoms with Crippen molar-refractivity contribution in [2.45, 2.75) is 6.04 Å². The lowest BCUT2D eigenvalue weighted by Crippen LogP contribution is -2.44. The highest BCUT2D eigenvalue weighted by molar-refractivity contribution is 5.85. The van der Waals surface area contributed by atoms with Gasteiger partial charge in [0.25, 0.3) is 0 Å². The number of nitrogens with zero attached hydrogens (tertiary/aromatic N) is 1. The molecule has 1 aromatic carbocycles. The first-order chi connectivity index (χ1) is 8.63. The van der Waals surface area contributed by atoms with E-state index in [4.69, 9.17) is 0 Å². The number of rotatable bonds is 3. The average Bonchev–Trinajstić information content (AvgIpc) is 2.34. The van der Waals surface area contributed by atoms with E-state index in [-0.39, 0.29) is 36.1 Å². The van der Waals surface area contributed by atoms with E-state index < -0.39 is 17.7 Å². The van der Waals surface area contributed by atoms with Crippen LogP contribution >= 0.6 is 24.8 Å². The molecular weight excluding hydrogens is 309 g/mol. The highest BCUT2D eigenvalue weighted by Crippen LogP contribution is 2.32. The van der Waals surface area contributed by atoms with Gasteiger partial charge in [-0.15, -0.1) is 31.4 Å². The van der Waals surface area contributed by atoms with E-state index in [0.717, 1.165) is 38.3 Å².